The zero-order chi connectivity index (χ0) is 13.4. The summed E-state index contributed by atoms with van der Waals surface area (Å²) in [4.78, 5) is 15.5. The number of fused-ring (bicyclic) bond motifs is 1. The van der Waals surface area contributed by atoms with Crippen LogP contribution in [0.2, 0.25) is 5.02 Å². The lowest BCUT2D eigenvalue weighted by atomic mass is 10.00. The molecular formula is C13H11ClFNO2. The second-order valence-electron chi connectivity index (χ2n) is 3.97. The first-order valence-corrected chi connectivity index (χ1v) is 5.85. The fourth-order valence-electron chi connectivity index (χ4n) is 2.05. The number of aromatic carboxylic acids is 1. The van der Waals surface area contributed by atoms with E-state index in [0.29, 0.717) is 17.7 Å². The molecule has 1 N–H and O–H groups in total. The Balaban J connectivity index is 3.05. The second-order valence-corrected chi connectivity index (χ2v) is 4.38. The maximum Gasteiger partial charge on any atom is 0.336 e. The molecule has 0 saturated heterocycles. The zero-order valence-corrected chi connectivity index (χ0v) is 10.7. The first-order chi connectivity index (χ1) is 8.47. The molecule has 1 aromatic carbocycles. The molecule has 0 amide bonds. The molecule has 0 fully saturated rings. The van der Waals surface area contributed by atoms with Crippen molar-refractivity contribution in [3.05, 3.63) is 39.8 Å². The van der Waals surface area contributed by atoms with E-state index in [2.05, 4.69) is 4.98 Å². The summed E-state index contributed by atoms with van der Waals surface area (Å²) in [5.41, 5.74) is 1.15. The molecule has 1 heterocycles. The molecule has 2 rings (SSSR count). The topological polar surface area (TPSA) is 50.2 Å². The quantitative estimate of drug-likeness (QED) is 0.904. The number of carboxylic acids is 1. The predicted octanol–water partition coefficient (Wildman–Crippen LogP) is 3.60. The highest BCUT2D eigenvalue weighted by molar-refractivity contribution is 6.36. The van der Waals surface area contributed by atoms with E-state index in [0.717, 1.165) is 0 Å². The van der Waals surface area contributed by atoms with Gasteiger partial charge >= 0.3 is 5.97 Å². The van der Waals surface area contributed by atoms with Gasteiger partial charge in [-0.05, 0) is 31.0 Å². The van der Waals surface area contributed by atoms with E-state index in [1.54, 1.807) is 6.92 Å². The van der Waals surface area contributed by atoms with Crippen LogP contribution in [0.3, 0.4) is 0 Å². The maximum absolute atomic E-state index is 13.7. The number of pyridine rings is 1. The number of aryl methyl sites for hydroxylation is 1. The third-order valence-corrected chi connectivity index (χ3v) is 3.25. The van der Waals surface area contributed by atoms with Gasteiger partial charge in [-0.3, -0.25) is 0 Å². The first kappa shape index (κ1) is 12.8. The molecule has 0 aliphatic heterocycles. The lowest BCUT2D eigenvalue weighted by Gasteiger charge is -2.12. The number of aromatic nitrogens is 1. The number of hydrogen-bond donors (Lipinski definition) is 1. The van der Waals surface area contributed by atoms with Crippen LogP contribution in [0.4, 0.5) is 4.39 Å². The van der Waals surface area contributed by atoms with E-state index in [-0.39, 0.29) is 21.5 Å². The molecular weight excluding hydrogens is 257 g/mol. The molecule has 18 heavy (non-hydrogen) atoms. The van der Waals surface area contributed by atoms with E-state index in [1.165, 1.54) is 12.1 Å². The number of rotatable bonds is 2. The molecule has 5 heteroatoms. The van der Waals surface area contributed by atoms with Gasteiger partial charge in [-0.25, -0.2) is 14.2 Å². The normalized spacial score (nSPS) is 10.9. The third-order valence-electron chi connectivity index (χ3n) is 2.93. The summed E-state index contributed by atoms with van der Waals surface area (Å²) in [6.45, 7) is 3.51. The van der Waals surface area contributed by atoms with Crippen LogP contribution in [0.5, 0.6) is 0 Å². The van der Waals surface area contributed by atoms with E-state index in [9.17, 15) is 14.3 Å². The summed E-state index contributed by atoms with van der Waals surface area (Å²) in [5, 5.41) is 9.65. The summed E-state index contributed by atoms with van der Waals surface area (Å²) in [6, 6.07) is 2.54. The van der Waals surface area contributed by atoms with Gasteiger partial charge in [-0.15, -0.1) is 0 Å². The number of carboxylic acid groups (broad SMARTS) is 1. The van der Waals surface area contributed by atoms with Crippen molar-refractivity contribution < 1.29 is 14.3 Å². The summed E-state index contributed by atoms with van der Waals surface area (Å²) in [5.74, 6) is -1.69. The monoisotopic (exact) mass is 267 g/mol. The minimum Gasteiger partial charge on any atom is -0.478 e. The minimum absolute atomic E-state index is 0.0161. The Bertz CT molecular complexity index is 655. The van der Waals surface area contributed by atoms with Crippen LogP contribution in [-0.2, 0) is 6.42 Å². The van der Waals surface area contributed by atoms with E-state index < -0.39 is 11.8 Å². The molecule has 1 aromatic heterocycles. The van der Waals surface area contributed by atoms with Gasteiger partial charge in [0.05, 0.1) is 10.6 Å². The van der Waals surface area contributed by atoms with Crippen molar-refractivity contribution in [1.82, 2.24) is 4.98 Å². The van der Waals surface area contributed by atoms with Gasteiger partial charge in [0.15, 0.2) is 0 Å². The number of carbonyl (C=O) groups is 1. The Morgan fingerprint density at radius 2 is 2.17 bits per heavy atom. The van der Waals surface area contributed by atoms with Crippen molar-refractivity contribution in [1.29, 1.82) is 0 Å². The Morgan fingerprint density at radius 3 is 2.72 bits per heavy atom. The standard InChI is InChI=1S/C13H11ClFNO2/c1-3-9-6(2)10(13(17)18)11-7(14)4-5-8(15)12(11)16-9/h4-5H,3H2,1-2H3,(H,17,18). The van der Waals surface area contributed by atoms with Crippen LogP contribution in [0, 0.1) is 12.7 Å². The Hall–Kier alpha value is -1.68. The largest absolute Gasteiger partial charge is 0.478 e. The summed E-state index contributed by atoms with van der Waals surface area (Å²) < 4.78 is 13.7. The maximum atomic E-state index is 13.7. The van der Waals surface area contributed by atoms with Crippen molar-refractivity contribution in [2.75, 3.05) is 0 Å². The van der Waals surface area contributed by atoms with Gasteiger partial charge in [-0.1, -0.05) is 18.5 Å². The lowest BCUT2D eigenvalue weighted by Crippen LogP contribution is -2.07. The average Bonchev–Trinajstić information content (AvgIpc) is 2.33. The molecule has 0 bridgehead atoms. The summed E-state index contributed by atoms with van der Waals surface area (Å²) >= 11 is 5.98. The Kier molecular flexibility index (Phi) is 3.22. The van der Waals surface area contributed by atoms with Crippen molar-refractivity contribution in [3.8, 4) is 0 Å². The molecule has 0 atom stereocenters. The van der Waals surface area contributed by atoms with Crippen LogP contribution in [0.25, 0.3) is 10.9 Å². The second kappa shape index (κ2) is 4.53. The third kappa shape index (κ3) is 1.82. The molecule has 0 saturated carbocycles. The zero-order valence-electron chi connectivity index (χ0n) is 9.92. The van der Waals surface area contributed by atoms with Crippen LogP contribution in [0.15, 0.2) is 12.1 Å². The van der Waals surface area contributed by atoms with Gasteiger partial charge in [0.25, 0.3) is 0 Å². The molecule has 3 nitrogen and oxygen atoms in total. The predicted molar refractivity (Wildman–Crippen MR) is 67.8 cm³/mol. The molecule has 0 radical (unpaired) electrons. The van der Waals surface area contributed by atoms with Crippen molar-refractivity contribution in [3.63, 3.8) is 0 Å². The van der Waals surface area contributed by atoms with Crippen molar-refractivity contribution in [2.24, 2.45) is 0 Å². The van der Waals surface area contributed by atoms with E-state index >= 15 is 0 Å². The van der Waals surface area contributed by atoms with Crippen molar-refractivity contribution in [2.45, 2.75) is 20.3 Å². The summed E-state index contributed by atoms with van der Waals surface area (Å²) in [7, 11) is 0. The van der Waals surface area contributed by atoms with Crippen LogP contribution >= 0.6 is 11.6 Å². The van der Waals surface area contributed by atoms with Gasteiger partial charge in [0, 0.05) is 11.1 Å². The number of nitrogens with zero attached hydrogens (tertiary/aromatic N) is 1. The van der Waals surface area contributed by atoms with E-state index in [1.807, 2.05) is 6.92 Å². The summed E-state index contributed by atoms with van der Waals surface area (Å²) in [6.07, 6.45) is 0.536. The number of hydrogen-bond acceptors (Lipinski definition) is 2. The van der Waals surface area contributed by atoms with Crippen LogP contribution in [-0.4, -0.2) is 16.1 Å². The first-order valence-electron chi connectivity index (χ1n) is 5.47. The van der Waals surface area contributed by atoms with E-state index in [4.69, 9.17) is 11.6 Å². The number of halogens is 2. The number of benzene rings is 1. The highest BCUT2D eigenvalue weighted by atomic mass is 35.5. The smallest absolute Gasteiger partial charge is 0.336 e. The van der Waals surface area contributed by atoms with Gasteiger partial charge < -0.3 is 5.11 Å². The Morgan fingerprint density at radius 1 is 1.50 bits per heavy atom. The molecule has 0 unspecified atom stereocenters. The van der Waals surface area contributed by atoms with Crippen LogP contribution in [0.1, 0.15) is 28.5 Å². The molecule has 0 aliphatic carbocycles. The van der Waals surface area contributed by atoms with Gasteiger partial charge in [-0.2, -0.15) is 0 Å². The molecule has 0 spiro atoms. The van der Waals surface area contributed by atoms with Crippen molar-refractivity contribution >= 4 is 28.5 Å². The molecule has 0 aliphatic rings. The lowest BCUT2D eigenvalue weighted by molar-refractivity contribution is 0.0698. The average molecular weight is 268 g/mol. The fourth-order valence-corrected chi connectivity index (χ4v) is 2.30. The van der Waals surface area contributed by atoms with Crippen LogP contribution < -0.4 is 0 Å². The van der Waals surface area contributed by atoms with Gasteiger partial charge in [0.2, 0.25) is 0 Å². The fraction of sp³-hybridized carbons (Fsp3) is 0.231. The minimum atomic E-state index is -1.12. The SMILES string of the molecule is CCc1nc2c(F)ccc(Cl)c2c(C(=O)O)c1C. The molecule has 2 aromatic rings. The highest BCUT2D eigenvalue weighted by Crippen LogP contribution is 2.31. The van der Waals surface area contributed by atoms with Gasteiger partial charge in [0.1, 0.15) is 11.3 Å². The Labute approximate surface area is 108 Å². The highest BCUT2D eigenvalue weighted by Gasteiger charge is 2.20. The molecule has 94 valence electrons.